The normalized spacial score (nSPS) is 10.7. The lowest BCUT2D eigenvalue weighted by atomic mass is 10.2. The Kier molecular flexibility index (Phi) is 1.93. The van der Waals surface area contributed by atoms with Gasteiger partial charge in [-0.2, -0.15) is 0 Å². The zero-order valence-corrected chi connectivity index (χ0v) is 8.25. The molecule has 0 unspecified atom stereocenters. The Hall–Kier alpha value is -1.55. The average Bonchev–Trinajstić information content (AvgIpc) is 2.15. The summed E-state index contributed by atoms with van der Waals surface area (Å²) in [5.74, 6) is 0. The van der Waals surface area contributed by atoms with Gasteiger partial charge in [-0.3, -0.25) is 4.79 Å². The molecule has 1 heterocycles. The predicted molar refractivity (Wildman–Crippen MR) is 56.4 cm³/mol. The number of halogens is 1. The first kappa shape index (κ1) is 9.02. The molecule has 0 aliphatic rings. The minimum atomic E-state index is -0.127. The van der Waals surface area contributed by atoms with E-state index >= 15 is 0 Å². The molecule has 5 heteroatoms. The van der Waals surface area contributed by atoms with E-state index in [1.807, 2.05) is 0 Å². The first-order valence-electron chi connectivity index (χ1n) is 4.00. The fraction of sp³-hybridized carbons (Fsp3) is 0.111. The molecule has 0 saturated heterocycles. The van der Waals surface area contributed by atoms with Crippen LogP contribution >= 0.6 is 11.6 Å². The number of fused-ring (bicyclic) bond motifs is 1. The second kappa shape index (κ2) is 2.99. The summed E-state index contributed by atoms with van der Waals surface area (Å²) in [4.78, 5) is 15.7. The second-order valence-corrected chi connectivity index (χ2v) is 3.46. The monoisotopic (exact) mass is 209 g/mol. The van der Waals surface area contributed by atoms with Crippen LogP contribution in [0.1, 0.15) is 0 Å². The van der Waals surface area contributed by atoms with E-state index in [4.69, 9.17) is 17.3 Å². The molecular formula is C9H8ClN3O. The van der Waals surface area contributed by atoms with Gasteiger partial charge in [0.1, 0.15) is 0 Å². The van der Waals surface area contributed by atoms with Crippen LogP contribution in [0, 0.1) is 0 Å². The van der Waals surface area contributed by atoms with Gasteiger partial charge in [-0.25, -0.2) is 4.98 Å². The first-order chi connectivity index (χ1) is 6.59. The summed E-state index contributed by atoms with van der Waals surface area (Å²) in [6, 6.07) is 3.14. The van der Waals surface area contributed by atoms with Gasteiger partial charge in [0.2, 0.25) is 0 Å². The van der Waals surface area contributed by atoms with Crippen LogP contribution in [0.4, 0.5) is 5.69 Å². The van der Waals surface area contributed by atoms with Crippen molar-refractivity contribution in [2.75, 3.05) is 5.73 Å². The van der Waals surface area contributed by atoms with Gasteiger partial charge in [0.05, 0.1) is 27.9 Å². The summed E-state index contributed by atoms with van der Waals surface area (Å²) >= 11 is 5.81. The van der Waals surface area contributed by atoms with Crippen molar-refractivity contribution >= 4 is 28.2 Å². The van der Waals surface area contributed by atoms with Crippen molar-refractivity contribution in [2.45, 2.75) is 0 Å². The van der Waals surface area contributed by atoms with Crippen LogP contribution < -0.4 is 11.3 Å². The Morgan fingerprint density at radius 2 is 2.21 bits per heavy atom. The maximum atomic E-state index is 11.6. The third kappa shape index (κ3) is 1.24. The molecule has 14 heavy (non-hydrogen) atoms. The lowest BCUT2D eigenvalue weighted by Gasteiger charge is -2.02. The molecule has 1 aromatic carbocycles. The molecule has 0 spiro atoms. The van der Waals surface area contributed by atoms with Gasteiger partial charge >= 0.3 is 0 Å². The van der Waals surface area contributed by atoms with Crippen LogP contribution in [0.2, 0.25) is 5.02 Å². The van der Waals surface area contributed by atoms with E-state index < -0.39 is 0 Å². The van der Waals surface area contributed by atoms with Crippen molar-refractivity contribution in [3.05, 3.63) is 33.8 Å². The maximum Gasteiger partial charge on any atom is 0.260 e. The topological polar surface area (TPSA) is 60.9 Å². The van der Waals surface area contributed by atoms with Crippen LogP contribution in [0.3, 0.4) is 0 Å². The summed E-state index contributed by atoms with van der Waals surface area (Å²) in [6.07, 6.45) is 1.46. The molecule has 0 saturated carbocycles. The average molecular weight is 210 g/mol. The Morgan fingerprint density at radius 1 is 1.50 bits per heavy atom. The molecular weight excluding hydrogens is 202 g/mol. The molecule has 0 amide bonds. The van der Waals surface area contributed by atoms with Gasteiger partial charge in [-0.1, -0.05) is 11.6 Å². The van der Waals surface area contributed by atoms with Gasteiger partial charge in [0.25, 0.3) is 5.56 Å². The van der Waals surface area contributed by atoms with Crippen molar-refractivity contribution in [1.29, 1.82) is 0 Å². The number of hydrogen-bond acceptors (Lipinski definition) is 3. The number of anilines is 1. The first-order valence-corrected chi connectivity index (χ1v) is 4.38. The van der Waals surface area contributed by atoms with Crippen molar-refractivity contribution in [3.63, 3.8) is 0 Å². The molecule has 2 N–H and O–H groups in total. The lowest BCUT2D eigenvalue weighted by Crippen LogP contribution is -2.17. The van der Waals surface area contributed by atoms with E-state index in [0.717, 1.165) is 0 Å². The van der Waals surface area contributed by atoms with Crippen molar-refractivity contribution in [2.24, 2.45) is 7.05 Å². The van der Waals surface area contributed by atoms with Crippen molar-refractivity contribution < 1.29 is 0 Å². The van der Waals surface area contributed by atoms with Crippen LogP contribution in [0.25, 0.3) is 10.9 Å². The van der Waals surface area contributed by atoms with Crippen LogP contribution in [0.5, 0.6) is 0 Å². The summed E-state index contributed by atoms with van der Waals surface area (Å²) in [6.45, 7) is 0. The van der Waals surface area contributed by atoms with Crippen LogP contribution in [-0.4, -0.2) is 9.55 Å². The number of aromatic nitrogens is 2. The number of nitrogens with two attached hydrogens (primary N) is 1. The molecule has 0 fully saturated rings. The molecule has 0 atom stereocenters. The fourth-order valence-electron chi connectivity index (χ4n) is 1.25. The van der Waals surface area contributed by atoms with Gasteiger partial charge in [-0.15, -0.1) is 0 Å². The highest BCUT2D eigenvalue weighted by Gasteiger charge is 2.04. The highest BCUT2D eigenvalue weighted by Crippen LogP contribution is 2.22. The molecule has 2 aromatic rings. The minimum Gasteiger partial charge on any atom is -0.398 e. The molecule has 2 rings (SSSR count). The van der Waals surface area contributed by atoms with E-state index in [9.17, 15) is 4.79 Å². The predicted octanol–water partition coefficient (Wildman–Crippen LogP) is 1.17. The standard InChI is InChI=1S/C9H8ClN3O/c1-13-4-12-8-3-6(10)7(11)2-5(8)9(13)14/h2-4H,11H2,1H3. The molecule has 72 valence electrons. The molecule has 4 nitrogen and oxygen atoms in total. The quantitative estimate of drug-likeness (QED) is 0.663. The highest BCUT2D eigenvalue weighted by molar-refractivity contribution is 6.33. The van der Waals surface area contributed by atoms with Crippen molar-refractivity contribution in [3.8, 4) is 0 Å². The molecule has 0 aliphatic heterocycles. The maximum absolute atomic E-state index is 11.6. The molecule has 0 aliphatic carbocycles. The summed E-state index contributed by atoms with van der Waals surface area (Å²) in [5.41, 5.74) is 6.43. The van der Waals surface area contributed by atoms with Gasteiger partial charge in [0.15, 0.2) is 0 Å². The second-order valence-electron chi connectivity index (χ2n) is 3.05. The Bertz CT molecular complexity index is 562. The summed E-state index contributed by atoms with van der Waals surface area (Å²) < 4.78 is 1.40. The largest absolute Gasteiger partial charge is 0.398 e. The Labute approximate surface area is 84.9 Å². The number of benzene rings is 1. The van der Waals surface area contributed by atoms with E-state index in [0.29, 0.717) is 21.6 Å². The fourth-order valence-corrected chi connectivity index (χ4v) is 1.41. The van der Waals surface area contributed by atoms with E-state index in [-0.39, 0.29) is 5.56 Å². The summed E-state index contributed by atoms with van der Waals surface area (Å²) in [5, 5.41) is 0.898. The van der Waals surface area contributed by atoms with E-state index in [2.05, 4.69) is 4.98 Å². The minimum absolute atomic E-state index is 0.127. The van der Waals surface area contributed by atoms with Gasteiger partial charge in [-0.05, 0) is 12.1 Å². The molecule has 0 bridgehead atoms. The zero-order chi connectivity index (χ0) is 10.3. The molecule has 1 aromatic heterocycles. The third-order valence-corrected chi connectivity index (χ3v) is 2.36. The van der Waals surface area contributed by atoms with Crippen molar-refractivity contribution in [1.82, 2.24) is 9.55 Å². The Morgan fingerprint density at radius 3 is 2.93 bits per heavy atom. The number of rotatable bonds is 0. The van der Waals surface area contributed by atoms with Crippen LogP contribution in [0.15, 0.2) is 23.3 Å². The SMILES string of the molecule is Cn1cnc2cc(Cl)c(N)cc2c1=O. The number of hydrogen-bond donors (Lipinski definition) is 1. The number of aryl methyl sites for hydroxylation is 1. The highest BCUT2D eigenvalue weighted by atomic mass is 35.5. The van der Waals surface area contributed by atoms with Gasteiger partial charge < -0.3 is 10.3 Å². The smallest absolute Gasteiger partial charge is 0.260 e. The lowest BCUT2D eigenvalue weighted by molar-refractivity contribution is 0.843. The van der Waals surface area contributed by atoms with E-state index in [1.165, 1.54) is 10.9 Å². The van der Waals surface area contributed by atoms with E-state index in [1.54, 1.807) is 19.2 Å². The third-order valence-electron chi connectivity index (χ3n) is 2.04. The van der Waals surface area contributed by atoms with Gasteiger partial charge in [0, 0.05) is 7.05 Å². The Balaban J connectivity index is 2.97. The zero-order valence-electron chi connectivity index (χ0n) is 7.49. The number of nitrogens with zero attached hydrogens (tertiary/aromatic N) is 2. The van der Waals surface area contributed by atoms with Crippen LogP contribution in [-0.2, 0) is 7.05 Å². The molecule has 0 radical (unpaired) electrons. The summed E-state index contributed by atoms with van der Waals surface area (Å²) in [7, 11) is 1.64. The number of nitrogen functional groups attached to an aromatic ring is 1.